The number of halogens is 3. The Balaban J connectivity index is 1.74. The summed E-state index contributed by atoms with van der Waals surface area (Å²) in [4.78, 5) is 20.0. The van der Waals surface area contributed by atoms with Gasteiger partial charge in [-0.1, -0.05) is 6.07 Å². The topological polar surface area (TPSA) is 73.1 Å². The summed E-state index contributed by atoms with van der Waals surface area (Å²) in [6.07, 6.45) is -0.679. The average Bonchev–Trinajstić information content (AvgIpc) is 3.27. The molecule has 31 heavy (non-hydrogen) atoms. The van der Waals surface area contributed by atoms with Crippen molar-refractivity contribution < 1.29 is 22.7 Å². The molecule has 1 atom stereocenters. The molecule has 10 heteroatoms. The lowest BCUT2D eigenvalue weighted by molar-refractivity contribution is -0.137. The first-order valence-electron chi connectivity index (χ1n) is 9.65. The van der Waals surface area contributed by atoms with Crippen molar-refractivity contribution in [3.05, 3.63) is 65.6 Å². The van der Waals surface area contributed by atoms with E-state index in [0.29, 0.717) is 17.8 Å². The molecule has 0 radical (unpaired) electrons. The highest BCUT2D eigenvalue weighted by atomic mass is 19.4. The monoisotopic (exact) mass is 433 g/mol. The predicted molar refractivity (Wildman–Crippen MR) is 107 cm³/mol. The fraction of sp³-hybridized carbons (Fsp3) is 0.333. The van der Waals surface area contributed by atoms with Crippen LogP contribution in [0.5, 0.6) is 5.88 Å². The number of hydrogen-bond acceptors (Lipinski definition) is 5. The van der Waals surface area contributed by atoms with Crippen molar-refractivity contribution in [2.24, 2.45) is 0 Å². The third-order valence-corrected chi connectivity index (χ3v) is 4.69. The van der Waals surface area contributed by atoms with Crippen LogP contribution < -0.4 is 4.74 Å². The van der Waals surface area contributed by atoms with E-state index in [1.165, 1.54) is 17.2 Å². The third-order valence-electron chi connectivity index (χ3n) is 4.69. The molecule has 2 heterocycles. The van der Waals surface area contributed by atoms with Crippen molar-refractivity contribution in [2.45, 2.75) is 33.0 Å². The first kappa shape index (κ1) is 22.3. The summed E-state index contributed by atoms with van der Waals surface area (Å²) in [7, 11) is 0. The fourth-order valence-corrected chi connectivity index (χ4v) is 3.07. The number of pyridine rings is 1. The second kappa shape index (κ2) is 9.15. The number of alkyl halides is 3. The number of hydrogen-bond donors (Lipinski definition) is 0. The molecule has 0 aliphatic rings. The van der Waals surface area contributed by atoms with Crippen LogP contribution in [0.3, 0.4) is 0 Å². The van der Waals surface area contributed by atoms with Crippen LogP contribution >= 0.6 is 0 Å². The number of rotatable bonds is 7. The van der Waals surface area contributed by atoms with Gasteiger partial charge >= 0.3 is 6.18 Å². The SMILES string of the molecule is CCN(C(=O)c1ccc(C)cc1-n1nccn1)[C@@H](C)COc1ccc(C(F)(F)F)cn1. The quantitative estimate of drug-likeness (QED) is 0.565. The van der Waals surface area contributed by atoms with Crippen molar-refractivity contribution in [1.29, 1.82) is 0 Å². The summed E-state index contributed by atoms with van der Waals surface area (Å²) in [5.41, 5.74) is 1.10. The first-order chi connectivity index (χ1) is 14.7. The predicted octanol–water partition coefficient (Wildman–Crippen LogP) is 3.92. The van der Waals surface area contributed by atoms with E-state index < -0.39 is 11.7 Å². The van der Waals surface area contributed by atoms with Crippen LogP contribution in [0.15, 0.2) is 48.9 Å². The van der Waals surface area contributed by atoms with Crippen LogP contribution in [0, 0.1) is 6.92 Å². The Bertz CT molecular complexity index is 1020. The lowest BCUT2D eigenvalue weighted by Crippen LogP contribution is -2.42. The molecule has 0 aliphatic carbocycles. The fourth-order valence-electron chi connectivity index (χ4n) is 3.07. The van der Waals surface area contributed by atoms with Gasteiger partial charge in [0.1, 0.15) is 6.61 Å². The molecule has 3 rings (SSSR count). The smallest absolute Gasteiger partial charge is 0.417 e. The van der Waals surface area contributed by atoms with Crippen LogP contribution in [0.4, 0.5) is 13.2 Å². The highest BCUT2D eigenvalue weighted by Crippen LogP contribution is 2.29. The number of benzene rings is 1. The van der Waals surface area contributed by atoms with Gasteiger partial charge in [0.15, 0.2) is 0 Å². The molecule has 0 saturated carbocycles. The van der Waals surface area contributed by atoms with Crippen molar-refractivity contribution in [3.63, 3.8) is 0 Å². The summed E-state index contributed by atoms with van der Waals surface area (Å²) < 4.78 is 43.5. The van der Waals surface area contributed by atoms with Crippen LogP contribution in [-0.4, -0.2) is 50.0 Å². The molecule has 7 nitrogen and oxygen atoms in total. The molecule has 3 aromatic rings. The van der Waals surface area contributed by atoms with Gasteiger partial charge < -0.3 is 9.64 Å². The molecule has 0 bridgehead atoms. The van der Waals surface area contributed by atoms with E-state index in [4.69, 9.17) is 4.74 Å². The van der Waals surface area contributed by atoms with Crippen molar-refractivity contribution in [2.75, 3.05) is 13.2 Å². The van der Waals surface area contributed by atoms with E-state index >= 15 is 0 Å². The normalized spacial score (nSPS) is 12.5. The number of carbonyl (C=O) groups excluding carboxylic acids is 1. The highest BCUT2D eigenvalue weighted by molar-refractivity contribution is 5.98. The highest BCUT2D eigenvalue weighted by Gasteiger charge is 2.31. The van der Waals surface area contributed by atoms with Crippen molar-refractivity contribution >= 4 is 5.91 Å². The molecule has 0 unspecified atom stereocenters. The summed E-state index contributed by atoms with van der Waals surface area (Å²) in [5, 5.41) is 8.25. The Kier molecular flexibility index (Phi) is 6.57. The number of nitrogens with zero attached hydrogens (tertiary/aromatic N) is 5. The zero-order valence-corrected chi connectivity index (χ0v) is 17.3. The summed E-state index contributed by atoms with van der Waals surface area (Å²) in [6, 6.07) is 7.10. The van der Waals surface area contributed by atoms with Gasteiger partial charge in [-0.2, -0.15) is 28.2 Å². The second-order valence-corrected chi connectivity index (χ2v) is 6.97. The summed E-state index contributed by atoms with van der Waals surface area (Å²) in [6.45, 7) is 6.02. The molecule has 0 spiro atoms. The molecular weight excluding hydrogens is 411 g/mol. The number of aryl methyl sites for hydroxylation is 1. The maximum Gasteiger partial charge on any atom is 0.417 e. The van der Waals surface area contributed by atoms with Crippen LogP contribution in [-0.2, 0) is 6.18 Å². The Morgan fingerprint density at radius 3 is 2.48 bits per heavy atom. The molecule has 0 N–H and O–H groups in total. The van der Waals surface area contributed by atoms with Gasteiger partial charge in [-0.05, 0) is 44.5 Å². The molecule has 1 amide bonds. The lowest BCUT2D eigenvalue weighted by Gasteiger charge is -2.28. The Morgan fingerprint density at radius 1 is 1.19 bits per heavy atom. The Hall–Kier alpha value is -3.43. The van der Waals surface area contributed by atoms with E-state index in [0.717, 1.165) is 23.9 Å². The molecule has 0 saturated heterocycles. The van der Waals surface area contributed by atoms with E-state index in [2.05, 4.69) is 15.2 Å². The Labute approximate surface area is 177 Å². The number of aromatic nitrogens is 4. The largest absolute Gasteiger partial charge is 0.475 e. The number of ether oxygens (including phenoxy) is 1. The molecule has 0 aliphatic heterocycles. The maximum absolute atomic E-state index is 13.3. The number of likely N-dealkylation sites (N-methyl/N-ethyl adjacent to an activating group) is 1. The van der Waals surface area contributed by atoms with Crippen LogP contribution in [0.2, 0.25) is 0 Å². The average molecular weight is 433 g/mol. The van der Waals surface area contributed by atoms with Gasteiger partial charge in [-0.15, -0.1) is 0 Å². The minimum absolute atomic E-state index is 0.0557. The molecular formula is C21H22F3N5O2. The van der Waals surface area contributed by atoms with Gasteiger partial charge in [-0.3, -0.25) is 4.79 Å². The summed E-state index contributed by atoms with van der Waals surface area (Å²) >= 11 is 0. The second-order valence-electron chi connectivity index (χ2n) is 6.97. The van der Waals surface area contributed by atoms with Gasteiger partial charge in [0.05, 0.1) is 35.2 Å². The minimum Gasteiger partial charge on any atom is -0.475 e. The van der Waals surface area contributed by atoms with Crippen molar-refractivity contribution in [1.82, 2.24) is 24.9 Å². The number of carbonyl (C=O) groups is 1. The molecule has 164 valence electrons. The van der Waals surface area contributed by atoms with E-state index in [1.807, 2.05) is 26.0 Å². The Morgan fingerprint density at radius 2 is 1.90 bits per heavy atom. The number of amides is 1. The van der Waals surface area contributed by atoms with Crippen LogP contribution in [0.1, 0.15) is 35.3 Å². The zero-order valence-electron chi connectivity index (χ0n) is 17.3. The maximum atomic E-state index is 13.3. The van der Waals surface area contributed by atoms with Crippen LogP contribution in [0.25, 0.3) is 5.69 Å². The van der Waals surface area contributed by atoms with Gasteiger partial charge in [0.25, 0.3) is 5.91 Å². The van der Waals surface area contributed by atoms with Crippen molar-refractivity contribution in [3.8, 4) is 11.6 Å². The van der Waals surface area contributed by atoms with E-state index in [-0.39, 0.29) is 24.4 Å². The first-order valence-corrected chi connectivity index (χ1v) is 9.65. The third kappa shape index (κ3) is 5.19. The van der Waals surface area contributed by atoms with E-state index in [9.17, 15) is 18.0 Å². The molecule has 1 aromatic carbocycles. The minimum atomic E-state index is -4.46. The van der Waals surface area contributed by atoms with Gasteiger partial charge in [0.2, 0.25) is 5.88 Å². The van der Waals surface area contributed by atoms with Gasteiger partial charge in [-0.25, -0.2) is 4.98 Å². The molecule has 0 fully saturated rings. The van der Waals surface area contributed by atoms with E-state index in [1.54, 1.807) is 17.9 Å². The molecule has 2 aromatic heterocycles. The standard InChI is InChI=1S/C21H22F3N5O2/c1-4-28(15(3)13-31-19-8-6-16(12-25-19)21(22,23)24)20(30)17-7-5-14(2)11-18(17)29-26-9-10-27-29/h5-12,15H,4,13H2,1-3H3/t15-/m0/s1. The zero-order chi connectivity index (χ0) is 22.6. The van der Waals surface area contributed by atoms with Gasteiger partial charge in [0, 0.05) is 18.8 Å². The summed E-state index contributed by atoms with van der Waals surface area (Å²) in [5.74, 6) is -0.175. The lowest BCUT2D eigenvalue weighted by atomic mass is 10.1.